The van der Waals surface area contributed by atoms with Gasteiger partial charge in [-0.1, -0.05) is 18.2 Å². The van der Waals surface area contributed by atoms with Crippen LogP contribution < -0.4 is 5.32 Å². The zero-order chi connectivity index (χ0) is 11.5. The van der Waals surface area contributed by atoms with Gasteiger partial charge >= 0.3 is 5.97 Å². The van der Waals surface area contributed by atoms with Crippen molar-refractivity contribution in [2.45, 2.75) is 19.1 Å². The zero-order valence-corrected chi connectivity index (χ0v) is 8.47. The predicted octanol–water partition coefficient (Wildman–Crippen LogP) is 0.999. The minimum Gasteiger partial charge on any atom is -0.481 e. The van der Waals surface area contributed by atoms with Crippen LogP contribution in [0.15, 0.2) is 24.3 Å². The first-order chi connectivity index (χ1) is 7.66. The summed E-state index contributed by atoms with van der Waals surface area (Å²) in [6, 6.07) is 7.24. The molecule has 0 aliphatic carbocycles. The molecule has 1 aromatic rings. The van der Waals surface area contributed by atoms with Gasteiger partial charge in [0.25, 0.3) is 5.91 Å². The summed E-state index contributed by atoms with van der Waals surface area (Å²) in [5, 5.41) is 11.3. The number of hydrogen-bond acceptors (Lipinski definition) is 3. The van der Waals surface area contributed by atoms with Crippen molar-refractivity contribution in [3.8, 4) is 0 Å². The lowest BCUT2D eigenvalue weighted by molar-refractivity contribution is -0.144. The lowest BCUT2D eigenvalue weighted by Crippen LogP contribution is -2.30. The highest BCUT2D eigenvalue weighted by Crippen LogP contribution is 2.21. The first-order valence-corrected chi connectivity index (χ1v) is 4.89. The van der Waals surface area contributed by atoms with Gasteiger partial charge in [0.2, 0.25) is 0 Å². The van der Waals surface area contributed by atoms with Gasteiger partial charge in [0.1, 0.15) is 6.10 Å². The topological polar surface area (TPSA) is 75.6 Å². The molecule has 84 valence electrons. The molecule has 1 heterocycles. The van der Waals surface area contributed by atoms with E-state index in [1.807, 2.05) is 12.1 Å². The van der Waals surface area contributed by atoms with E-state index in [1.165, 1.54) is 0 Å². The Hall–Kier alpha value is -1.88. The minimum absolute atomic E-state index is 0.243. The molecule has 0 saturated carbocycles. The summed E-state index contributed by atoms with van der Waals surface area (Å²) < 4.78 is 5.26. The van der Waals surface area contributed by atoms with Crippen molar-refractivity contribution in [3.05, 3.63) is 29.8 Å². The van der Waals surface area contributed by atoms with Crippen LogP contribution in [0.4, 0.5) is 5.69 Å². The number of hydrogen-bond donors (Lipinski definition) is 2. The third kappa shape index (κ3) is 2.20. The summed E-state index contributed by atoms with van der Waals surface area (Å²) >= 11 is 0. The minimum atomic E-state index is -1.05. The van der Waals surface area contributed by atoms with Crippen molar-refractivity contribution in [2.75, 3.05) is 5.32 Å². The molecule has 1 amide bonds. The van der Waals surface area contributed by atoms with E-state index in [0.29, 0.717) is 5.69 Å². The van der Waals surface area contributed by atoms with Gasteiger partial charge in [-0.3, -0.25) is 9.59 Å². The number of ether oxygens (including phenoxy) is 1. The summed E-state index contributed by atoms with van der Waals surface area (Å²) in [5.41, 5.74) is 1.53. The van der Waals surface area contributed by atoms with E-state index in [9.17, 15) is 9.59 Å². The van der Waals surface area contributed by atoms with Gasteiger partial charge < -0.3 is 15.2 Å². The normalized spacial score (nSPS) is 19.5. The molecule has 1 aliphatic rings. The Bertz CT molecular complexity index is 430. The molecule has 0 saturated heterocycles. The highest BCUT2D eigenvalue weighted by atomic mass is 16.5. The van der Waals surface area contributed by atoms with E-state index in [0.717, 1.165) is 5.56 Å². The lowest BCUT2D eigenvalue weighted by Gasteiger charge is -2.10. The molecule has 0 aromatic heterocycles. The third-order valence-electron chi connectivity index (χ3n) is 2.37. The number of para-hydroxylation sites is 1. The van der Waals surface area contributed by atoms with Crippen LogP contribution in [-0.2, 0) is 20.9 Å². The van der Waals surface area contributed by atoms with Gasteiger partial charge in [-0.2, -0.15) is 0 Å². The fourth-order valence-corrected chi connectivity index (χ4v) is 1.56. The second-order valence-electron chi connectivity index (χ2n) is 3.54. The van der Waals surface area contributed by atoms with E-state index in [2.05, 4.69) is 5.32 Å². The van der Waals surface area contributed by atoms with Crippen molar-refractivity contribution < 1.29 is 19.4 Å². The van der Waals surface area contributed by atoms with Crippen LogP contribution in [0, 0.1) is 0 Å². The lowest BCUT2D eigenvalue weighted by atomic mass is 10.2. The standard InChI is InChI=1S/C11H11NO4/c13-10(14)5-9-11(15)12-8-4-2-1-3-7(8)6-16-9/h1-4,9H,5-6H2,(H,12,15)(H,13,14). The molecule has 5 nitrogen and oxygen atoms in total. The predicted molar refractivity (Wildman–Crippen MR) is 55.9 cm³/mol. The number of rotatable bonds is 2. The summed E-state index contributed by atoms with van der Waals surface area (Å²) in [7, 11) is 0. The Labute approximate surface area is 92.0 Å². The molecule has 16 heavy (non-hydrogen) atoms. The largest absolute Gasteiger partial charge is 0.481 e. The van der Waals surface area contributed by atoms with E-state index >= 15 is 0 Å². The van der Waals surface area contributed by atoms with Crippen LogP contribution in [0.2, 0.25) is 0 Å². The van der Waals surface area contributed by atoms with E-state index in [1.54, 1.807) is 12.1 Å². The van der Waals surface area contributed by atoms with Crippen molar-refractivity contribution in [1.82, 2.24) is 0 Å². The Balaban J connectivity index is 2.18. The number of anilines is 1. The molecular weight excluding hydrogens is 210 g/mol. The van der Waals surface area contributed by atoms with Crippen LogP contribution in [-0.4, -0.2) is 23.1 Å². The van der Waals surface area contributed by atoms with Crippen LogP contribution in [0.5, 0.6) is 0 Å². The quantitative estimate of drug-likeness (QED) is 0.781. The number of carboxylic acids is 1. The van der Waals surface area contributed by atoms with Crippen molar-refractivity contribution in [2.24, 2.45) is 0 Å². The number of carbonyl (C=O) groups excluding carboxylic acids is 1. The van der Waals surface area contributed by atoms with Crippen LogP contribution >= 0.6 is 0 Å². The average Bonchev–Trinajstić information content (AvgIpc) is 2.39. The molecule has 0 fully saturated rings. The van der Waals surface area contributed by atoms with Gasteiger partial charge in [0.15, 0.2) is 0 Å². The number of benzene rings is 1. The molecule has 5 heteroatoms. The van der Waals surface area contributed by atoms with Crippen molar-refractivity contribution in [3.63, 3.8) is 0 Å². The van der Waals surface area contributed by atoms with Crippen LogP contribution in [0.3, 0.4) is 0 Å². The van der Waals surface area contributed by atoms with Gasteiger partial charge in [-0.25, -0.2) is 0 Å². The highest BCUT2D eigenvalue weighted by Gasteiger charge is 2.26. The Kier molecular flexibility index (Phi) is 2.87. The molecule has 1 atom stereocenters. The maximum atomic E-state index is 11.6. The number of aliphatic carboxylic acids is 1. The zero-order valence-electron chi connectivity index (χ0n) is 8.47. The van der Waals surface area contributed by atoms with Crippen molar-refractivity contribution >= 4 is 17.6 Å². The van der Waals surface area contributed by atoms with E-state index in [4.69, 9.17) is 9.84 Å². The molecule has 2 rings (SSSR count). The molecule has 2 N–H and O–H groups in total. The van der Waals surface area contributed by atoms with Gasteiger partial charge in [0.05, 0.1) is 13.0 Å². The second-order valence-corrected chi connectivity index (χ2v) is 3.54. The molecular formula is C11H11NO4. The molecule has 1 aliphatic heterocycles. The number of carbonyl (C=O) groups is 2. The molecule has 1 aromatic carbocycles. The SMILES string of the molecule is O=C(O)CC1OCc2ccccc2NC1=O. The second kappa shape index (κ2) is 4.32. The summed E-state index contributed by atoms with van der Waals surface area (Å²) in [4.78, 5) is 22.2. The number of fused-ring (bicyclic) bond motifs is 1. The average molecular weight is 221 g/mol. The van der Waals surface area contributed by atoms with Gasteiger partial charge in [0, 0.05) is 11.3 Å². The van der Waals surface area contributed by atoms with Crippen LogP contribution in [0.1, 0.15) is 12.0 Å². The third-order valence-corrected chi connectivity index (χ3v) is 2.37. The van der Waals surface area contributed by atoms with Crippen LogP contribution in [0.25, 0.3) is 0 Å². The highest BCUT2D eigenvalue weighted by molar-refractivity contribution is 5.97. The number of carboxylic acid groups (broad SMARTS) is 1. The van der Waals surface area contributed by atoms with Crippen molar-refractivity contribution in [1.29, 1.82) is 0 Å². The summed E-state index contributed by atoms with van der Waals surface area (Å²) in [5.74, 6) is -1.46. The van der Waals surface area contributed by atoms with E-state index in [-0.39, 0.29) is 13.0 Å². The Morgan fingerprint density at radius 1 is 1.50 bits per heavy atom. The molecule has 0 radical (unpaired) electrons. The number of amides is 1. The fraction of sp³-hybridized carbons (Fsp3) is 0.273. The molecule has 0 bridgehead atoms. The first kappa shape index (κ1) is 10.6. The molecule has 0 spiro atoms. The first-order valence-electron chi connectivity index (χ1n) is 4.89. The maximum Gasteiger partial charge on any atom is 0.306 e. The smallest absolute Gasteiger partial charge is 0.306 e. The van der Waals surface area contributed by atoms with Gasteiger partial charge in [-0.05, 0) is 6.07 Å². The maximum absolute atomic E-state index is 11.6. The fourth-order valence-electron chi connectivity index (χ4n) is 1.56. The summed E-state index contributed by atoms with van der Waals surface area (Å²) in [6.07, 6.45) is -1.25. The summed E-state index contributed by atoms with van der Waals surface area (Å²) in [6.45, 7) is 0.243. The monoisotopic (exact) mass is 221 g/mol. The Morgan fingerprint density at radius 3 is 3.00 bits per heavy atom. The Morgan fingerprint density at radius 2 is 2.25 bits per heavy atom. The van der Waals surface area contributed by atoms with E-state index < -0.39 is 18.0 Å². The molecule has 1 unspecified atom stereocenters. The van der Waals surface area contributed by atoms with Gasteiger partial charge in [-0.15, -0.1) is 0 Å². The number of nitrogens with one attached hydrogen (secondary N) is 1.